The van der Waals surface area contributed by atoms with Crippen LogP contribution in [0.4, 0.5) is 0 Å². The van der Waals surface area contributed by atoms with Crippen LogP contribution >= 0.6 is 0 Å². The average molecular weight is 553 g/mol. The molecule has 0 radical (unpaired) electrons. The fraction of sp³-hybridized carbons (Fsp3) is 0.943. The second kappa shape index (κ2) is 28.5. The van der Waals surface area contributed by atoms with E-state index in [4.69, 9.17) is 4.74 Å². The van der Waals surface area contributed by atoms with Crippen molar-refractivity contribution in [2.75, 3.05) is 6.61 Å². The summed E-state index contributed by atoms with van der Waals surface area (Å²) in [6.07, 6.45) is 32.3. The van der Waals surface area contributed by atoms with Crippen LogP contribution in [-0.2, 0) is 14.3 Å². The normalized spacial score (nSPS) is 11.7. The number of carbonyl (C=O) groups is 2. The lowest BCUT2D eigenvalue weighted by Crippen LogP contribution is -2.41. The van der Waals surface area contributed by atoms with Gasteiger partial charge >= 0.3 is 11.9 Å². The number of aliphatic carboxylic acids is 1. The second-order valence-corrected chi connectivity index (χ2v) is 12.2. The van der Waals surface area contributed by atoms with Crippen LogP contribution in [0.1, 0.15) is 201 Å². The van der Waals surface area contributed by atoms with Gasteiger partial charge in [0, 0.05) is 0 Å². The molecule has 0 amide bonds. The van der Waals surface area contributed by atoms with Gasteiger partial charge in [-0.05, 0) is 19.3 Å². The van der Waals surface area contributed by atoms with E-state index >= 15 is 0 Å². The first-order chi connectivity index (χ1) is 19.0. The van der Waals surface area contributed by atoms with Crippen LogP contribution < -0.4 is 0 Å². The summed E-state index contributed by atoms with van der Waals surface area (Å²) in [5.41, 5.74) is -1.36. The molecule has 0 aliphatic carbocycles. The monoisotopic (exact) mass is 553 g/mol. The van der Waals surface area contributed by atoms with E-state index in [1.165, 1.54) is 116 Å². The number of carbonyl (C=O) groups excluding carboxylic acids is 1. The molecule has 0 fully saturated rings. The molecule has 1 N–H and O–H groups in total. The molecule has 39 heavy (non-hydrogen) atoms. The summed E-state index contributed by atoms with van der Waals surface area (Å²) in [7, 11) is 0. The SMILES string of the molecule is CCCCCCCCCCCCCCC(CCCCCCCCCCCCCC)(C(=O)O)C(=O)OCCCC. The molecule has 0 unspecified atom stereocenters. The predicted molar refractivity (Wildman–Crippen MR) is 167 cm³/mol. The largest absolute Gasteiger partial charge is 0.480 e. The maximum atomic E-state index is 13.0. The summed E-state index contributed by atoms with van der Waals surface area (Å²) in [5.74, 6) is -1.47. The van der Waals surface area contributed by atoms with Crippen LogP contribution in [0.3, 0.4) is 0 Å². The minimum absolute atomic E-state index is 0.335. The molecule has 0 spiro atoms. The van der Waals surface area contributed by atoms with E-state index in [1.54, 1.807) is 0 Å². The zero-order valence-electron chi connectivity index (χ0n) is 26.7. The molecule has 0 atom stereocenters. The van der Waals surface area contributed by atoms with Crippen molar-refractivity contribution in [2.24, 2.45) is 5.41 Å². The smallest absolute Gasteiger partial charge is 0.323 e. The fourth-order valence-corrected chi connectivity index (χ4v) is 5.61. The Labute approximate surface area is 243 Å². The topological polar surface area (TPSA) is 63.6 Å². The molecule has 0 aliphatic heterocycles. The van der Waals surface area contributed by atoms with Gasteiger partial charge in [0.15, 0.2) is 5.41 Å². The van der Waals surface area contributed by atoms with Crippen LogP contribution in [0.15, 0.2) is 0 Å². The third kappa shape index (κ3) is 21.4. The predicted octanol–water partition coefficient (Wildman–Crippen LogP) is 11.6. The van der Waals surface area contributed by atoms with Crippen LogP contribution in [0.5, 0.6) is 0 Å². The molecular formula is C35H68O4. The molecule has 0 saturated carbocycles. The van der Waals surface area contributed by atoms with Gasteiger partial charge in [0.05, 0.1) is 6.61 Å². The number of esters is 1. The lowest BCUT2D eigenvalue weighted by molar-refractivity contribution is -0.170. The van der Waals surface area contributed by atoms with Crippen LogP contribution in [0.25, 0.3) is 0 Å². The van der Waals surface area contributed by atoms with Gasteiger partial charge in [-0.2, -0.15) is 0 Å². The summed E-state index contributed by atoms with van der Waals surface area (Å²) in [5, 5.41) is 10.2. The van der Waals surface area contributed by atoms with E-state index in [0.717, 1.165) is 51.4 Å². The highest BCUT2D eigenvalue weighted by Crippen LogP contribution is 2.34. The lowest BCUT2D eigenvalue weighted by Gasteiger charge is -2.27. The van der Waals surface area contributed by atoms with E-state index in [0.29, 0.717) is 19.4 Å². The Morgan fingerprint density at radius 3 is 1.03 bits per heavy atom. The molecule has 0 aromatic carbocycles. The Kier molecular flexibility index (Phi) is 27.7. The fourth-order valence-electron chi connectivity index (χ4n) is 5.61. The molecule has 0 saturated heterocycles. The Bertz CT molecular complexity index is 517. The molecule has 0 aliphatic rings. The van der Waals surface area contributed by atoms with Crippen LogP contribution in [0, 0.1) is 5.41 Å². The zero-order valence-corrected chi connectivity index (χ0v) is 26.7. The maximum Gasteiger partial charge on any atom is 0.323 e. The Hall–Kier alpha value is -1.06. The first-order valence-corrected chi connectivity index (χ1v) is 17.5. The molecule has 4 heteroatoms. The number of ether oxygens (including phenoxy) is 1. The maximum absolute atomic E-state index is 13.0. The lowest BCUT2D eigenvalue weighted by atomic mass is 9.77. The molecular weight excluding hydrogens is 484 g/mol. The first kappa shape index (κ1) is 37.9. The Balaban J connectivity index is 4.34. The highest BCUT2D eigenvalue weighted by Gasteiger charge is 2.46. The number of hydrogen-bond donors (Lipinski definition) is 1. The summed E-state index contributed by atoms with van der Waals surface area (Å²) in [6, 6.07) is 0. The molecule has 0 rings (SSSR count). The van der Waals surface area contributed by atoms with E-state index in [9.17, 15) is 14.7 Å². The average Bonchev–Trinajstić information content (AvgIpc) is 2.93. The third-order valence-corrected chi connectivity index (χ3v) is 8.45. The quantitative estimate of drug-likeness (QED) is 0.0527. The second-order valence-electron chi connectivity index (χ2n) is 12.2. The van der Waals surface area contributed by atoms with Crippen LogP contribution in [0.2, 0.25) is 0 Å². The van der Waals surface area contributed by atoms with Gasteiger partial charge in [0.25, 0.3) is 0 Å². The van der Waals surface area contributed by atoms with Gasteiger partial charge in [-0.3, -0.25) is 9.59 Å². The van der Waals surface area contributed by atoms with E-state index in [2.05, 4.69) is 20.8 Å². The van der Waals surface area contributed by atoms with E-state index < -0.39 is 17.4 Å². The van der Waals surface area contributed by atoms with Gasteiger partial charge in [-0.1, -0.05) is 181 Å². The standard InChI is InChI=1S/C35H68O4/c1-4-7-10-12-14-16-18-20-22-24-26-28-30-35(33(36)37,34(38)39-32-9-6-3)31-29-27-25-23-21-19-17-15-13-11-8-5-2/h4-32H2,1-3H3,(H,36,37). The van der Waals surface area contributed by atoms with Crippen molar-refractivity contribution < 1.29 is 19.4 Å². The minimum Gasteiger partial charge on any atom is -0.480 e. The minimum atomic E-state index is -1.36. The van der Waals surface area contributed by atoms with Gasteiger partial charge in [-0.25, -0.2) is 0 Å². The van der Waals surface area contributed by atoms with Crippen molar-refractivity contribution in [2.45, 2.75) is 201 Å². The molecule has 4 nitrogen and oxygen atoms in total. The van der Waals surface area contributed by atoms with Crippen molar-refractivity contribution >= 4 is 11.9 Å². The van der Waals surface area contributed by atoms with E-state index in [1.807, 2.05) is 0 Å². The van der Waals surface area contributed by atoms with Crippen molar-refractivity contribution in [3.05, 3.63) is 0 Å². The summed E-state index contributed by atoms with van der Waals surface area (Å²) in [4.78, 5) is 25.5. The van der Waals surface area contributed by atoms with Crippen molar-refractivity contribution in [1.82, 2.24) is 0 Å². The van der Waals surface area contributed by atoms with Gasteiger partial charge in [-0.15, -0.1) is 0 Å². The van der Waals surface area contributed by atoms with Gasteiger partial charge in [0.1, 0.15) is 0 Å². The summed E-state index contributed by atoms with van der Waals surface area (Å²) >= 11 is 0. The summed E-state index contributed by atoms with van der Waals surface area (Å²) in [6.45, 7) is 6.91. The zero-order chi connectivity index (χ0) is 28.9. The van der Waals surface area contributed by atoms with Crippen LogP contribution in [-0.4, -0.2) is 23.7 Å². The first-order valence-electron chi connectivity index (χ1n) is 17.5. The number of carboxylic acids is 1. The number of unbranched alkanes of at least 4 members (excludes halogenated alkanes) is 23. The van der Waals surface area contributed by atoms with Crippen molar-refractivity contribution in [3.63, 3.8) is 0 Å². The highest BCUT2D eigenvalue weighted by atomic mass is 16.5. The van der Waals surface area contributed by atoms with Crippen molar-refractivity contribution in [3.8, 4) is 0 Å². The van der Waals surface area contributed by atoms with E-state index in [-0.39, 0.29) is 0 Å². The molecule has 0 aromatic rings. The number of carboxylic acid groups (broad SMARTS) is 1. The third-order valence-electron chi connectivity index (χ3n) is 8.45. The molecule has 0 heterocycles. The number of rotatable bonds is 31. The van der Waals surface area contributed by atoms with Gasteiger partial charge in [0.2, 0.25) is 0 Å². The van der Waals surface area contributed by atoms with Crippen molar-refractivity contribution in [1.29, 1.82) is 0 Å². The Morgan fingerprint density at radius 2 is 0.744 bits per heavy atom. The highest BCUT2D eigenvalue weighted by molar-refractivity contribution is 5.99. The Morgan fingerprint density at radius 1 is 0.462 bits per heavy atom. The number of hydrogen-bond acceptors (Lipinski definition) is 3. The molecule has 0 bridgehead atoms. The summed E-state index contributed by atoms with van der Waals surface area (Å²) < 4.78 is 5.50. The molecule has 232 valence electrons. The molecule has 0 aromatic heterocycles. The van der Waals surface area contributed by atoms with Gasteiger partial charge < -0.3 is 9.84 Å².